The van der Waals surface area contributed by atoms with Crippen molar-refractivity contribution >= 4 is 17.4 Å². The second-order valence-corrected chi connectivity index (χ2v) is 9.19. The fourth-order valence-electron chi connectivity index (χ4n) is 4.33. The smallest absolute Gasteiger partial charge is 0.295 e. The highest BCUT2D eigenvalue weighted by Gasteiger charge is 2.46. The van der Waals surface area contributed by atoms with Gasteiger partial charge in [-0.25, -0.2) is 0 Å². The second kappa shape index (κ2) is 11.2. The van der Waals surface area contributed by atoms with Crippen molar-refractivity contribution in [1.29, 1.82) is 0 Å². The predicted octanol–water partition coefficient (Wildman–Crippen LogP) is 4.81. The van der Waals surface area contributed by atoms with Gasteiger partial charge in [0.15, 0.2) is 0 Å². The van der Waals surface area contributed by atoms with Gasteiger partial charge in [0.1, 0.15) is 18.1 Å². The van der Waals surface area contributed by atoms with Crippen LogP contribution in [0.2, 0.25) is 0 Å². The Morgan fingerprint density at radius 1 is 0.944 bits per heavy atom. The van der Waals surface area contributed by atoms with Gasteiger partial charge in [0.25, 0.3) is 11.7 Å². The Balaban J connectivity index is 1.73. The van der Waals surface area contributed by atoms with Crippen molar-refractivity contribution in [3.8, 4) is 5.75 Å². The fraction of sp³-hybridized carbons (Fsp3) is 0.267. The van der Waals surface area contributed by atoms with Crippen LogP contribution in [-0.4, -0.2) is 53.8 Å². The molecule has 1 fully saturated rings. The fourth-order valence-corrected chi connectivity index (χ4v) is 4.33. The van der Waals surface area contributed by atoms with Crippen molar-refractivity contribution in [2.45, 2.75) is 26.0 Å². The first-order valence-electron chi connectivity index (χ1n) is 12.2. The number of amides is 1. The van der Waals surface area contributed by atoms with Gasteiger partial charge in [0.2, 0.25) is 0 Å². The number of carbonyl (C=O) groups is 2. The summed E-state index contributed by atoms with van der Waals surface area (Å²) in [5, 5.41) is 11.3. The minimum Gasteiger partial charge on any atom is -0.507 e. The average Bonchev–Trinajstić information content (AvgIpc) is 3.16. The molecule has 1 amide bonds. The standard InChI is InChI=1S/C30H32N2O4/c1-4-21-13-15-23(16-14-21)28(33)26-27(32(18-17-31(2)3)30(35)29(26)34)24-11-8-12-25(19-24)36-20-22-9-6-5-7-10-22/h5-16,19,27,33H,4,17-18,20H2,1-3H3/b28-26-. The average molecular weight is 485 g/mol. The second-order valence-electron chi connectivity index (χ2n) is 9.19. The zero-order valence-electron chi connectivity index (χ0n) is 21.0. The van der Waals surface area contributed by atoms with Crippen LogP contribution in [0.25, 0.3) is 5.76 Å². The summed E-state index contributed by atoms with van der Waals surface area (Å²) in [6.07, 6.45) is 0.867. The SMILES string of the molecule is CCc1ccc(/C(O)=C2/C(=O)C(=O)N(CCN(C)C)C2c2cccc(OCc3ccccc3)c2)cc1. The molecule has 0 aromatic heterocycles. The molecule has 1 saturated heterocycles. The van der Waals surface area contributed by atoms with Crippen molar-refractivity contribution < 1.29 is 19.4 Å². The first kappa shape index (κ1) is 25.2. The molecule has 1 N–H and O–H groups in total. The lowest BCUT2D eigenvalue weighted by atomic mass is 9.94. The number of benzene rings is 3. The third-order valence-electron chi connectivity index (χ3n) is 6.39. The molecule has 0 spiro atoms. The normalized spacial score (nSPS) is 17.1. The summed E-state index contributed by atoms with van der Waals surface area (Å²) < 4.78 is 6.01. The molecule has 0 saturated carbocycles. The Kier molecular flexibility index (Phi) is 7.86. The van der Waals surface area contributed by atoms with Gasteiger partial charge in [-0.2, -0.15) is 0 Å². The Bertz CT molecular complexity index is 1250. The van der Waals surface area contributed by atoms with E-state index in [1.807, 2.05) is 85.7 Å². The van der Waals surface area contributed by atoms with Crippen LogP contribution in [-0.2, 0) is 22.6 Å². The van der Waals surface area contributed by atoms with Crippen LogP contribution in [0.4, 0.5) is 0 Å². The van der Waals surface area contributed by atoms with Crippen molar-refractivity contribution in [2.75, 3.05) is 27.2 Å². The topological polar surface area (TPSA) is 70.1 Å². The molecule has 0 bridgehead atoms. The highest BCUT2D eigenvalue weighted by atomic mass is 16.5. The van der Waals surface area contributed by atoms with E-state index < -0.39 is 17.7 Å². The highest BCUT2D eigenvalue weighted by Crippen LogP contribution is 2.40. The predicted molar refractivity (Wildman–Crippen MR) is 141 cm³/mol. The van der Waals surface area contributed by atoms with Crippen LogP contribution in [0.3, 0.4) is 0 Å². The van der Waals surface area contributed by atoms with E-state index >= 15 is 0 Å². The van der Waals surface area contributed by atoms with Gasteiger partial charge in [-0.15, -0.1) is 0 Å². The maximum Gasteiger partial charge on any atom is 0.295 e. The van der Waals surface area contributed by atoms with E-state index in [0.717, 1.165) is 17.5 Å². The molecule has 3 aromatic carbocycles. The summed E-state index contributed by atoms with van der Waals surface area (Å²) in [6, 6.07) is 24.0. The van der Waals surface area contributed by atoms with Crippen LogP contribution in [0, 0.1) is 0 Å². The Morgan fingerprint density at radius 3 is 2.33 bits per heavy atom. The number of hydrogen-bond donors (Lipinski definition) is 1. The van der Waals surface area contributed by atoms with Gasteiger partial charge in [-0.1, -0.05) is 73.7 Å². The van der Waals surface area contributed by atoms with Crippen LogP contribution in [0.5, 0.6) is 5.75 Å². The Labute approximate surface area is 212 Å². The van der Waals surface area contributed by atoms with Crippen LogP contribution < -0.4 is 4.74 Å². The van der Waals surface area contributed by atoms with E-state index in [-0.39, 0.29) is 11.3 Å². The molecule has 6 nitrogen and oxygen atoms in total. The molecule has 36 heavy (non-hydrogen) atoms. The van der Waals surface area contributed by atoms with Crippen molar-refractivity contribution in [3.63, 3.8) is 0 Å². The number of likely N-dealkylation sites (N-methyl/N-ethyl adjacent to an activating group) is 1. The largest absolute Gasteiger partial charge is 0.507 e. The molecule has 3 aromatic rings. The number of aryl methyl sites for hydroxylation is 1. The quantitative estimate of drug-likeness (QED) is 0.268. The lowest BCUT2D eigenvalue weighted by molar-refractivity contribution is -0.140. The molecule has 1 heterocycles. The van der Waals surface area contributed by atoms with E-state index in [0.29, 0.717) is 36.6 Å². The summed E-state index contributed by atoms with van der Waals surface area (Å²) in [4.78, 5) is 29.9. The van der Waals surface area contributed by atoms with Crippen LogP contribution >= 0.6 is 0 Å². The summed E-state index contributed by atoms with van der Waals surface area (Å²) in [5.41, 5.74) is 3.49. The van der Waals surface area contributed by atoms with Gasteiger partial charge in [-0.3, -0.25) is 9.59 Å². The lowest BCUT2D eigenvalue weighted by Crippen LogP contribution is -2.35. The van der Waals surface area contributed by atoms with E-state index in [1.165, 1.54) is 0 Å². The van der Waals surface area contributed by atoms with Gasteiger partial charge >= 0.3 is 0 Å². The number of aliphatic hydroxyl groups is 1. The monoisotopic (exact) mass is 484 g/mol. The number of ether oxygens (including phenoxy) is 1. The van der Waals surface area contributed by atoms with Crippen LogP contribution in [0.1, 0.15) is 35.2 Å². The molecular formula is C30H32N2O4. The summed E-state index contributed by atoms with van der Waals surface area (Å²) in [5.74, 6) is -0.818. The summed E-state index contributed by atoms with van der Waals surface area (Å²) in [6.45, 7) is 3.38. The van der Waals surface area contributed by atoms with Crippen molar-refractivity contribution in [1.82, 2.24) is 9.80 Å². The molecule has 0 aliphatic carbocycles. The summed E-state index contributed by atoms with van der Waals surface area (Å²) in [7, 11) is 3.83. The minimum atomic E-state index is -0.712. The molecule has 6 heteroatoms. The number of hydrogen-bond acceptors (Lipinski definition) is 5. The molecule has 1 atom stereocenters. The molecule has 186 valence electrons. The number of ketones is 1. The third kappa shape index (κ3) is 5.50. The summed E-state index contributed by atoms with van der Waals surface area (Å²) >= 11 is 0. The first-order chi connectivity index (χ1) is 17.4. The third-order valence-corrected chi connectivity index (χ3v) is 6.39. The Hall–Kier alpha value is -3.90. The van der Waals surface area contributed by atoms with Crippen LogP contribution in [0.15, 0.2) is 84.4 Å². The highest BCUT2D eigenvalue weighted by molar-refractivity contribution is 6.46. The number of aliphatic hydroxyl groups excluding tert-OH is 1. The van der Waals surface area contributed by atoms with E-state index in [1.54, 1.807) is 17.0 Å². The van der Waals surface area contributed by atoms with Crippen molar-refractivity contribution in [2.24, 2.45) is 0 Å². The maximum atomic E-state index is 13.2. The van der Waals surface area contributed by atoms with Gasteiger partial charge in [0, 0.05) is 18.7 Å². The zero-order chi connectivity index (χ0) is 25.7. The molecule has 1 unspecified atom stereocenters. The van der Waals surface area contributed by atoms with Crippen molar-refractivity contribution in [3.05, 3.63) is 107 Å². The Morgan fingerprint density at radius 2 is 1.67 bits per heavy atom. The molecule has 1 aliphatic heterocycles. The molecule has 1 aliphatic rings. The van der Waals surface area contributed by atoms with Gasteiger partial charge < -0.3 is 19.6 Å². The number of carbonyl (C=O) groups excluding carboxylic acids is 2. The number of nitrogens with zero attached hydrogens (tertiary/aromatic N) is 2. The maximum absolute atomic E-state index is 13.2. The number of rotatable bonds is 9. The number of likely N-dealkylation sites (tertiary alicyclic amines) is 1. The lowest BCUT2D eigenvalue weighted by Gasteiger charge is -2.27. The zero-order valence-corrected chi connectivity index (χ0v) is 21.0. The molecule has 4 rings (SSSR count). The van der Waals surface area contributed by atoms with E-state index in [4.69, 9.17) is 4.74 Å². The van der Waals surface area contributed by atoms with E-state index in [2.05, 4.69) is 6.92 Å². The van der Waals surface area contributed by atoms with E-state index in [9.17, 15) is 14.7 Å². The molecule has 0 radical (unpaired) electrons. The molecular weight excluding hydrogens is 452 g/mol. The van der Waals surface area contributed by atoms with Gasteiger partial charge in [-0.05, 0) is 49.3 Å². The first-order valence-corrected chi connectivity index (χ1v) is 12.2. The number of Topliss-reactive ketones (excluding diaryl/α,β-unsaturated/α-hetero) is 1. The van der Waals surface area contributed by atoms with Gasteiger partial charge in [0.05, 0.1) is 11.6 Å². The minimum absolute atomic E-state index is 0.100.